The quantitative estimate of drug-likeness (QED) is 0.586. The zero-order valence-corrected chi connectivity index (χ0v) is 13.5. The smallest absolute Gasteiger partial charge is 0.424 e. The van der Waals surface area contributed by atoms with Crippen molar-refractivity contribution in [3.63, 3.8) is 0 Å². The van der Waals surface area contributed by atoms with Gasteiger partial charge in [-0.25, -0.2) is 20.0 Å². The maximum atomic E-state index is 12.5. The molecular formula is C14H16N3O5P. The van der Waals surface area contributed by atoms with E-state index >= 15 is 0 Å². The first-order chi connectivity index (χ1) is 11.0. The SMILES string of the molecule is C=CP(=O)(ONc1ncccn1)Oc1cc(C)c(O)c(OC)c1. The lowest BCUT2D eigenvalue weighted by Gasteiger charge is -2.17. The lowest BCUT2D eigenvalue weighted by atomic mass is 10.2. The van der Waals surface area contributed by atoms with Crippen molar-refractivity contribution >= 4 is 13.5 Å². The molecule has 2 rings (SSSR count). The number of methoxy groups -OCH3 is 1. The van der Waals surface area contributed by atoms with Gasteiger partial charge in [0, 0.05) is 24.3 Å². The fourth-order valence-corrected chi connectivity index (χ4v) is 2.41. The molecule has 23 heavy (non-hydrogen) atoms. The predicted octanol–water partition coefficient (Wildman–Crippen LogP) is 3.26. The van der Waals surface area contributed by atoms with Crippen LogP contribution in [0.1, 0.15) is 5.56 Å². The van der Waals surface area contributed by atoms with Gasteiger partial charge in [-0.2, -0.15) is 4.62 Å². The zero-order valence-electron chi connectivity index (χ0n) is 12.6. The summed E-state index contributed by atoms with van der Waals surface area (Å²) in [7, 11) is -2.32. The number of aryl methyl sites for hydroxylation is 1. The Balaban J connectivity index is 2.16. The number of nitrogens with zero attached hydrogens (tertiary/aromatic N) is 2. The number of aromatic hydroxyl groups is 1. The number of anilines is 1. The van der Waals surface area contributed by atoms with Crippen LogP contribution in [-0.2, 0) is 9.19 Å². The number of aromatic nitrogens is 2. The molecule has 1 atom stereocenters. The molecule has 0 aliphatic carbocycles. The van der Waals surface area contributed by atoms with E-state index in [9.17, 15) is 9.67 Å². The molecule has 0 saturated heterocycles. The monoisotopic (exact) mass is 337 g/mol. The van der Waals surface area contributed by atoms with Crippen LogP contribution in [0, 0.1) is 6.92 Å². The average molecular weight is 337 g/mol. The summed E-state index contributed by atoms with van der Waals surface area (Å²) in [5.41, 5.74) is 2.84. The molecule has 0 aliphatic rings. The molecule has 0 fully saturated rings. The van der Waals surface area contributed by atoms with Crippen LogP contribution in [0.25, 0.3) is 0 Å². The Morgan fingerprint density at radius 1 is 1.35 bits per heavy atom. The molecule has 9 heteroatoms. The summed E-state index contributed by atoms with van der Waals surface area (Å²) in [4.78, 5) is 7.73. The van der Waals surface area contributed by atoms with E-state index in [0.717, 1.165) is 5.82 Å². The molecule has 1 aromatic heterocycles. The van der Waals surface area contributed by atoms with Crippen LogP contribution in [0.3, 0.4) is 0 Å². The highest BCUT2D eigenvalue weighted by Crippen LogP contribution is 2.50. The van der Waals surface area contributed by atoms with Crippen molar-refractivity contribution in [2.24, 2.45) is 0 Å². The van der Waals surface area contributed by atoms with E-state index in [1.807, 2.05) is 0 Å². The Labute approximate surface area is 133 Å². The van der Waals surface area contributed by atoms with Crippen LogP contribution in [-0.4, -0.2) is 22.2 Å². The number of hydrogen-bond donors (Lipinski definition) is 2. The minimum atomic E-state index is -3.72. The Morgan fingerprint density at radius 3 is 2.65 bits per heavy atom. The van der Waals surface area contributed by atoms with E-state index in [2.05, 4.69) is 22.0 Å². The highest BCUT2D eigenvalue weighted by Gasteiger charge is 2.24. The van der Waals surface area contributed by atoms with Gasteiger partial charge in [0.25, 0.3) is 0 Å². The first-order valence-corrected chi connectivity index (χ1v) is 8.11. The lowest BCUT2D eigenvalue weighted by Crippen LogP contribution is -2.05. The van der Waals surface area contributed by atoms with E-state index in [-0.39, 0.29) is 23.2 Å². The largest absolute Gasteiger partial charge is 0.504 e. The molecular weight excluding hydrogens is 321 g/mol. The van der Waals surface area contributed by atoms with Crippen LogP contribution in [0.4, 0.5) is 5.95 Å². The number of hydrogen-bond acceptors (Lipinski definition) is 8. The van der Waals surface area contributed by atoms with Gasteiger partial charge in [-0.1, -0.05) is 6.58 Å². The Morgan fingerprint density at radius 2 is 2.04 bits per heavy atom. The van der Waals surface area contributed by atoms with Crippen molar-refractivity contribution in [3.8, 4) is 17.2 Å². The zero-order chi connectivity index (χ0) is 16.9. The molecule has 122 valence electrons. The summed E-state index contributed by atoms with van der Waals surface area (Å²) in [5.74, 6) is 1.52. The van der Waals surface area contributed by atoms with Gasteiger partial charge in [-0.3, -0.25) is 0 Å². The Hall–Kier alpha value is -2.57. The van der Waals surface area contributed by atoms with Gasteiger partial charge in [0.1, 0.15) is 5.75 Å². The number of benzene rings is 1. The maximum Gasteiger partial charge on any atom is 0.424 e. The number of ether oxygens (including phenoxy) is 1. The molecule has 2 N–H and O–H groups in total. The average Bonchev–Trinajstić information content (AvgIpc) is 2.57. The van der Waals surface area contributed by atoms with Gasteiger partial charge in [0.05, 0.1) is 7.11 Å². The Kier molecular flexibility index (Phi) is 5.20. The van der Waals surface area contributed by atoms with E-state index in [4.69, 9.17) is 13.9 Å². The van der Waals surface area contributed by atoms with Crippen LogP contribution >= 0.6 is 7.60 Å². The molecule has 1 aromatic carbocycles. The van der Waals surface area contributed by atoms with E-state index in [1.54, 1.807) is 13.0 Å². The first-order valence-electron chi connectivity index (χ1n) is 6.49. The molecule has 8 nitrogen and oxygen atoms in total. The van der Waals surface area contributed by atoms with Crippen molar-refractivity contribution in [3.05, 3.63) is 48.6 Å². The topological polar surface area (TPSA) is 103 Å². The predicted molar refractivity (Wildman–Crippen MR) is 84.6 cm³/mol. The molecule has 1 unspecified atom stereocenters. The van der Waals surface area contributed by atoms with Crippen LogP contribution in [0.5, 0.6) is 17.2 Å². The second-order valence-corrected chi connectivity index (χ2v) is 6.18. The molecule has 2 aromatic rings. The summed E-state index contributed by atoms with van der Waals surface area (Å²) in [5, 5.41) is 9.80. The van der Waals surface area contributed by atoms with Crippen molar-refractivity contribution < 1.29 is 23.6 Å². The van der Waals surface area contributed by atoms with Crippen molar-refractivity contribution in [1.82, 2.24) is 9.97 Å². The van der Waals surface area contributed by atoms with Crippen molar-refractivity contribution in [2.75, 3.05) is 12.6 Å². The van der Waals surface area contributed by atoms with Crippen LogP contribution < -0.4 is 14.7 Å². The van der Waals surface area contributed by atoms with E-state index < -0.39 is 7.60 Å². The fourth-order valence-electron chi connectivity index (χ4n) is 1.62. The second kappa shape index (κ2) is 7.13. The summed E-state index contributed by atoms with van der Waals surface area (Å²) < 4.78 is 28.0. The summed E-state index contributed by atoms with van der Waals surface area (Å²) in [6.45, 7) is 5.10. The van der Waals surface area contributed by atoms with Gasteiger partial charge in [-0.15, -0.1) is 0 Å². The highest BCUT2D eigenvalue weighted by molar-refractivity contribution is 7.57. The van der Waals surface area contributed by atoms with Gasteiger partial charge in [-0.05, 0) is 24.6 Å². The van der Waals surface area contributed by atoms with Crippen molar-refractivity contribution in [2.45, 2.75) is 6.92 Å². The number of nitrogens with one attached hydrogen (secondary N) is 1. The fraction of sp³-hybridized carbons (Fsp3) is 0.143. The summed E-state index contributed by atoms with van der Waals surface area (Å²) in [6.07, 6.45) is 2.99. The van der Waals surface area contributed by atoms with Gasteiger partial charge in [0.15, 0.2) is 11.5 Å². The molecule has 0 bridgehead atoms. The third-order valence-corrected chi connectivity index (χ3v) is 4.00. The number of rotatable bonds is 7. The van der Waals surface area contributed by atoms with E-state index in [0.29, 0.717) is 5.56 Å². The lowest BCUT2D eigenvalue weighted by molar-refractivity contribution is 0.323. The minimum Gasteiger partial charge on any atom is -0.504 e. The molecule has 0 saturated carbocycles. The molecule has 0 amide bonds. The standard InChI is InChI=1S/C14H16N3O5P/c1-4-23(19,22-17-14-15-6-5-7-16-14)21-11-8-10(2)13(18)12(9-11)20-3/h4-9,18H,1H2,2-3H3,(H,15,16,17). The van der Waals surface area contributed by atoms with Crippen LogP contribution in [0.15, 0.2) is 43.0 Å². The normalized spacial score (nSPS) is 13.0. The van der Waals surface area contributed by atoms with Gasteiger partial charge in [0.2, 0.25) is 5.95 Å². The summed E-state index contributed by atoms with van der Waals surface area (Å²) >= 11 is 0. The second-order valence-electron chi connectivity index (χ2n) is 4.37. The molecule has 0 spiro atoms. The molecule has 1 heterocycles. The number of phenols is 1. The number of phenolic OH excluding ortho intramolecular Hbond substituents is 1. The molecule has 0 radical (unpaired) electrons. The Bertz CT molecular complexity index is 739. The third kappa shape index (κ3) is 4.21. The summed E-state index contributed by atoms with van der Waals surface area (Å²) in [6, 6.07) is 4.51. The van der Waals surface area contributed by atoms with Gasteiger partial charge < -0.3 is 14.4 Å². The minimum absolute atomic E-state index is 0.0231. The van der Waals surface area contributed by atoms with Gasteiger partial charge >= 0.3 is 7.60 Å². The maximum absolute atomic E-state index is 12.5. The first kappa shape index (κ1) is 16.8. The van der Waals surface area contributed by atoms with Crippen LogP contribution in [0.2, 0.25) is 0 Å². The highest BCUT2D eigenvalue weighted by atomic mass is 31.2. The molecule has 0 aliphatic heterocycles. The third-order valence-electron chi connectivity index (χ3n) is 2.75. The van der Waals surface area contributed by atoms with Crippen molar-refractivity contribution in [1.29, 1.82) is 0 Å². The van der Waals surface area contributed by atoms with E-state index in [1.165, 1.54) is 31.6 Å².